The molecule has 1 fully saturated rings. The number of rotatable bonds is 8. The van der Waals surface area contributed by atoms with Crippen molar-refractivity contribution in [2.45, 2.75) is 33.1 Å². The summed E-state index contributed by atoms with van der Waals surface area (Å²) in [6.07, 6.45) is 3.81. The minimum Gasteiger partial charge on any atom is -0.491 e. The molecule has 0 spiro atoms. The lowest BCUT2D eigenvalue weighted by atomic mass is 10.1. The standard InChI is InChI=1S/C17H28N2O/c1-15(2)9-14-20-17-8-4-3-7-16(17)18-10-13-19-11-5-6-12-19/h3-4,7-8,15,18H,5-6,9-14H2,1-2H3. The summed E-state index contributed by atoms with van der Waals surface area (Å²) in [5.41, 5.74) is 1.12. The number of hydrogen-bond acceptors (Lipinski definition) is 3. The lowest BCUT2D eigenvalue weighted by Crippen LogP contribution is -2.26. The minimum absolute atomic E-state index is 0.685. The number of nitrogens with zero attached hydrogens (tertiary/aromatic N) is 1. The van der Waals surface area contributed by atoms with E-state index in [1.165, 1.54) is 25.9 Å². The molecule has 112 valence electrons. The summed E-state index contributed by atoms with van der Waals surface area (Å²) in [5, 5.41) is 3.51. The van der Waals surface area contributed by atoms with Gasteiger partial charge in [0.05, 0.1) is 12.3 Å². The van der Waals surface area contributed by atoms with Crippen LogP contribution in [0.3, 0.4) is 0 Å². The first-order valence-electron chi connectivity index (χ1n) is 7.94. The predicted molar refractivity (Wildman–Crippen MR) is 85.6 cm³/mol. The Bertz CT molecular complexity index is 386. The van der Waals surface area contributed by atoms with Gasteiger partial charge in [0.1, 0.15) is 5.75 Å². The molecule has 0 saturated carbocycles. The summed E-state index contributed by atoms with van der Waals surface area (Å²) in [6, 6.07) is 8.26. The largest absolute Gasteiger partial charge is 0.491 e. The lowest BCUT2D eigenvalue weighted by molar-refractivity contribution is 0.290. The first kappa shape index (κ1) is 15.2. The number of anilines is 1. The van der Waals surface area contributed by atoms with Crippen LogP contribution in [0.25, 0.3) is 0 Å². The van der Waals surface area contributed by atoms with E-state index in [2.05, 4.69) is 42.3 Å². The highest BCUT2D eigenvalue weighted by Crippen LogP contribution is 2.24. The van der Waals surface area contributed by atoms with E-state index in [-0.39, 0.29) is 0 Å². The van der Waals surface area contributed by atoms with Crippen molar-refractivity contribution in [3.8, 4) is 5.75 Å². The summed E-state index contributed by atoms with van der Waals surface area (Å²) >= 11 is 0. The fourth-order valence-corrected chi connectivity index (χ4v) is 2.50. The SMILES string of the molecule is CC(C)CCOc1ccccc1NCCN1CCCC1. The molecule has 1 aliphatic heterocycles. The molecule has 1 aromatic carbocycles. The highest BCUT2D eigenvalue weighted by atomic mass is 16.5. The maximum atomic E-state index is 5.89. The predicted octanol–water partition coefficient (Wildman–Crippen LogP) is 3.62. The van der Waals surface area contributed by atoms with Crippen molar-refractivity contribution in [3.63, 3.8) is 0 Å². The molecule has 0 radical (unpaired) electrons. The number of ether oxygens (including phenoxy) is 1. The highest BCUT2D eigenvalue weighted by Gasteiger charge is 2.10. The van der Waals surface area contributed by atoms with Crippen LogP contribution >= 0.6 is 0 Å². The average Bonchev–Trinajstić information content (AvgIpc) is 2.93. The molecule has 1 N–H and O–H groups in total. The molecule has 3 nitrogen and oxygen atoms in total. The number of hydrogen-bond donors (Lipinski definition) is 1. The van der Waals surface area contributed by atoms with Crippen molar-refractivity contribution in [3.05, 3.63) is 24.3 Å². The van der Waals surface area contributed by atoms with E-state index in [1.54, 1.807) is 0 Å². The Morgan fingerprint density at radius 2 is 1.95 bits per heavy atom. The number of para-hydroxylation sites is 2. The van der Waals surface area contributed by atoms with E-state index < -0.39 is 0 Å². The van der Waals surface area contributed by atoms with Gasteiger partial charge >= 0.3 is 0 Å². The molecule has 0 bridgehead atoms. The zero-order valence-electron chi connectivity index (χ0n) is 12.9. The molecular formula is C17H28N2O. The third-order valence-corrected chi connectivity index (χ3v) is 3.78. The van der Waals surface area contributed by atoms with Crippen molar-refractivity contribution >= 4 is 5.69 Å². The van der Waals surface area contributed by atoms with E-state index in [0.717, 1.165) is 37.6 Å². The smallest absolute Gasteiger partial charge is 0.142 e. The third kappa shape index (κ3) is 5.04. The van der Waals surface area contributed by atoms with Gasteiger partial charge in [-0.1, -0.05) is 26.0 Å². The summed E-state index contributed by atoms with van der Waals surface area (Å²) in [6.45, 7) is 9.88. The van der Waals surface area contributed by atoms with Gasteiger partial charge in [0.25, 0.3) is 0 Å². The summed E-state index contributed by atoms with van der Waals surface area (Å²) in [4.78, 5) is 2.52. The Morgan fingerprint density at radius 3 is 2.70 bits per heavy atom. The Morgan fingerprint density at radius 1 is 1.20 bits per heavy atom. The van der Waals surface area contributed by atoms with Crippen molar-refractivity contribution < 1.29 is 4.74 Å². The van der Waals surface area contributed by atoms with Crippen LogP contribution in [0.2, 0.25) is 0 Å². The van der Waals surface area contributed by atoms with E-state index in [4.69, 9.17) is 4.74 Å². The fraction of sp³-hybridized carbons (Fsp3) is 0.647. The molecule has 0 aliphatic carbocycles. The van der Waals surface area contributed by atoms with Crippen LogP contribution in [-0.4, -0.2) is 37.7 Å². The van der Waals surface area contributed by atoms with Gasteiger partial charge in [0, 0.05) is 13.1 Å². The van der Waals surface area contributed by atoms with Gasteiger partial charge in [-0.3, -0.25) is 0 Å². The van der Waals surface area contributed by atoms with Gasteiger partial charge in [-0.2, -0.15) is 0 Å². The van der Waals surface area contributed by atoms with Gasteiger partial charge in [-0.05, 0) is 50.4 Å². The zero-order valence-corrected chi connectivity index (χ0v) is 12.9. The van der Waals surface area contributed by atoms with Gasteiger partial charge in [0.2, 0.25) is 0 Å². The Labute approximate surface area is 123 Å². The fourth-order valence-electron chi connectivity index (χ4n) is 2.50. The summed E-state index contributed by atoms with van der Waals surface area (Å²) in [5.74, 6) is 1.67. The van der Waals surface area contributed by atoms with E-state index in [9.17, 15) is 0 Å². The molecule has 3 heteroatoms. The average molecular weight is 276 g/mol. The number of nitrogens with one attached hydrogen (secondary N) is 1. The maximum Gasteiger partial charge on any atom is 0.142 e. The molecule has 1 heterocycles. The van der Waals surface area contributed by atoms with Crippen LogP contribution < -0.4 is 10.1 Å². The summed E-state index contributed by atoms with van der Waals surface area (Å²) < 4.78 is 5.89. The molecule has 1 aliphatic rings. The van der Waals surface area contributed by atoms with Crippen molar-refractivity contribution in [1.82, 2.24) is 4.90 Å². The molecule has 20 heavy (non-hydrogen) atoms. The van der Waals surface area contributed by atoms with Crippen LogP contribution in [0.15, 0.2) is 24.3 Å². The van der Waals surface area contributed by atoms with Crippen LogP contribution in [0, 0.1) is 5.92 Å². The van der Waals surface area contributed by atoms with E-state index >= 15 is 0 Å². The van der Waals surface area contributed by atoms with Crippen LogP contribution in [0.4, 0.5) is 5.69 Å². The first-order chi connectivity index (χ1) is 9.75. The van der Waals surface area contributed by atoms with E-state index in [1.807, 2.05) is 6.07 Å². The molecule has 0 aromatic heterocycles. The Balaban J connectivity index is 1.77. The molecule has 0 atom stereocenters. The van der Waals surface area contributed by atoms with Crippen LogP contribution in [0.1, 0.15) is 33.1 Å². The highest BCUT2D eigenvalue weighted by molar-refractivity contribution is 5.56. The topological polar surface area (TPSA) is 24.5 Å². The molecule has 1 aromatic rings. The van der Waals surface area contributed by atoms with Crippen molar-refractivity contribution in [2.24, 2.45) is 5.92 Å². The normalized spacial score (nSPS) is 15.8. The second-order valence-corrected chi connectivity index (χ2v) is 6.00. The Kier molecular flexibility index (Phi) is 6.19. The van der Waals surface area contributed by atoms with Gasteiger partial charge < -0.3 is 15.0 Å². The van der Waals surface area contributed by atoms with Crippen molar-refractivity contribution in [2.75, 3.05) is 38.1 Å². The van der Waals surface area contributed by atoms with Gasteiger partial charge in [0.15, 0.2) is 0 Å². The Hall–Kier alpha value is -1.22. The molecule has 2 rings (SSSR count). The van der Waals surface area contributed by atoms with Crippen LogP contribution in [0.5, 0.6) is 5.75 Å². The molecule has 1 saturated heterocycles. The first-order valence-corrected chi connectivity index (χ1v) is 7.94. The lowest BCUT2D eigenvalue weighted by Gasteiger charge is -2.17. The number of benzene rings is 1. The second-order valence-electron chi connectivity index (χ2n) is 6.00. The molecular weight excluding hydrogens is 248 g/mol. The second kappa shape index (κ2) is 8.15. The van der Waals surface area contributed by atoms with E-state index in [0.29, 0.717) is 5.92 Å². The van der Waals surface area contributed by atoms with Gasteiger partial charge in [-0.15, -0.1) is 0 Å². The van der Waals surface area contributed by atoms with Crippen LogP contribution in [-0.2, 0) is 0 Å². The van der Waals surface area contributed by atoms with Gasteiger partial charge in [-0.25, -0.2) is 0 Å². The monoisotopic (exact) mass is 276 g/mol. The maximum absolute atomic E-state index is 5.89. The minimum atomic E-state index is 0.685. The molecule has 0 amide bonds. The zero-order chi connectivity index (χ0) is 14.2. The van der Waals surface area contributed by atoms with Crippen molar-refractivity contribution in [1.29, 1.82) is 0 Å². The number of likely N-dealkylation sites (tertiary alicyclic amines) is 1. The summed E-state index contributed by atoms with van der Waals surface area (Å²) in [7, 11) is 0. The quantitative estimate of drug-likeness (QED) is 0.785. The third-order valence-electron chi connectivity index (χ3n) is 3.78. The molecule has 0 unspecified atom stereocenters.